The molecule has 0 fully saturated rings. The van der Waals surface area contributed by atoms with Gasteiger partial charge >= 0.3 is 0 Å². The number of hydrogen-bond donors (Lipinski definition) is 1. The minimum atomic E-state index is 0.693. The summed E-state index contributed by atoms with van der Waals surface area (Å²) in [4.78, 5) is 9.53. The molecular weight excluding hydrogens is 398 g/mol. The van der Waals surface area contributed by atoms with Crippen LogP contribution in [0.3, 0.4) is 0 Å². The molecule has 0 saturated carbocycles. The highest BCUT2D eigenvalue weighted by atomic mass is 79.9. The standard InChI is InChI=1S/C23H18BrN3/c1-16-7-13-20(14-8-16)25-22-15-21(17-5-3-2-4-6-17)26-23(27-22)18-9-11-19(24)12-10-18/h2-15H,1H3,(H,25,26,27). The van der Waals surface area contributed by atoms with Crippen molar-refractivity contribution in [2.45, 2.75) is 6.92 Å². The van der Waals surface area contributed by atoms with E-state index in [4.69, 9.17) is 9.97 Å². The SMILES string of the molecule is Cc1ccc(Nc2cc(-c3ccccc3)nc(-c3ccc(Br)cc3)n2)cc1. The summed E-state index contributed by atoms with van der Waals surface area (Å²) in [5, 5.41) is 3.40. The highest BCUT2D eigenvalue weighted by Gasteiger charge is 2.09. The molecule has 0 aliphatic carbocycles. The van der Waals surface area contributed by atoms with Gasteiger partial charge in [-0.05, 0) is 31.2 Å². The van der Waals surface area contributed by atoms with Crippen LogP contribution in [0.15, 0.2) is 89.4 Å². The van der Waals surface area contributed by atoms with Crippen molar-refractivity contribution in [3.63, 3.8) is 0 Å². The van der Waals surface area contributed by atoms with Gasteiger partial charge in [0, 0.05) is 27.4 Å². The molecule has 0 unspecified atom stereocenters. The smallest absolute Gasteiger partial charge is 0.162 e. The zero-order valence-electron chi connectivity index (χ0n) is 14.9. The van der Waals surface area contributed by atoms with Crippen molar-refractivity contribution >= 4 is 27.4 Å². The third-order valence-electron chi connectivity index (χ3n) is 4.22. The van der Waals surface area contributed by atoms with Crippen LogP contribution in [0.5, 0.6) is 0 Å². The molecule has 4 rings (SSSR count). The summed E-state index contributed by atoms with van der Waals surface area (Å²) >= 11 is 3.48. The summed E-state index contributed by atoms with van der Waals surface area (Å²) in [6, 6.07) is 28.5. The van der Waals surface area contributed by atoms with Crippen LogP contribution >= 0.6 is 15.9 Å². The molecule has 1 aromatic heterocycles. The Bertz CT molecular complexity index is 1040. The Kier molecular flexibility index (Phi) is 4.99. The predicted octanol–water partition coefficient (Wildman–Crippen LogP) is 6.63. The Morgan fingerprint density at radius 1 is 0.741 bits per heavy atom. The van der Waals surface area contributed by atoms with Gasteiger partial charge in [-0.2, -0.15) is 0 Å². The Hall–Kier alpha value is -2.98. The van der Waals surface area contributed by atoms with Crippen LogP contribution in [0, 0.1) is 6.92 Å². The van der Waals surface area contributed by atoms with Crippen LogP contribution < -0.4 is 5.32 Å². The van der Waals surface area contributed by atoms with Crippen molar-refractivity contribution in [2.75, 3.05) is 5.32 Å². The molecule has 3 nitrogen and oxygen atoms in total. The van der Waals surface area contributed by atoms with E-state index in [9.17, 15) is 0 Å². The number of rotatable bonds is 4. The molecule has 1 N–H and O–H groups in total. The molecule has 0 saturated heterocycles. The molecule has 1 heterocycles. The zero-order chi connectivity index (χ0) is 18.6. The van der Waals surface area contributed by atoms with E-state index in [1.54, 1.807) is 0 Å². The third kappa shape index (κ3) is 4.23. The van der Waals surface area contributed by atoms with Crippen LogP contribution in [-0.2, 0) is 0 Å². The summed E-state index contributed by atoms with van der Waals surface area (Å²) in [5.41, 5.74) is 5.15. The minimum Gasteiger partial charge on any atom is -0.340 e. The number of hydrogen-bond acceptors (Lipinski definition) is 3. The number of benzene rings is 3. The molecule has 3 aromatic carbocycles. The number of halogens is 1. The Labute approximate surface area is 167 Å². The quantitative estimate of drug-likeness (QED) is 0.406. The Balaban J connectivity index is 1.78. The van der Waals surface area contributed by atoms with Crippen molar-refractivity contribution in [1.29, 1.82) is 0 Å². The van der Waals surface area contributed by atoms with E-state index in [0.717, 1.165) is 32.8 Å². The van der Waals surface area contributed by atoms with Crippen LogP contribution in [0.4, 0.5) is 11.5 Å². The van der Waals surface area contributed by atoms with Gasteiger partial charge in [-0.3, -0.25) is 0 Å². The van der Waals surface area contributed by atoms with Crippen LogP contribution in [0.2, 0.25) is 0 Å². The Morgan fingerprint density at radius 2 is 1.44 bits per heavy atom. The fourth-order valence-corrected chi connectivity index (χ4v) is 3.05. The molecule has 0 aliphatic heterocycles. The molecule has 132 valence electrons. The molecule has 27 heavy (non-hydrogen) atoms. The third-order valence-corrected chi connectivity index (χ3v) is 4.75. The van der Waals surface area contributed by atoms with Gasteiger partial charge in [0.2, 0.25) is 0 Å². The van der Waals surface area contributed by atoms with Crippen molar-refractivity contribution in [3.05, 3.63) is 95.0 Å². The van der Waals surface area contributed by atoms with Gasteiger partial charge in [0.15, 0.2) is 5.82 Å². The van der Waals surface area contributed by atoms with Crippen molar-refractivity contribution in [1.82, 2.24) is 9.97 Å². The topological polar surface area (TPSA) is 37.8 Å². The number of aromatic nitrogens is 2. The Morgan fingerprint density at radius 3 is 2.15 bits per heavy atom. The molecule has 4 aromatic rings. The second kappa shape index (κ2) is 7.72. The van der Waals surface area contributed by atoms with Crippen molar-refractivity contribution in [2.24, 2.45) is 0 Å². The number of anilines is 2. The summed E-state index contributed by atoms with van der Waals surface area (Å²) in [6.07, 6.45) is 0. The fourth-order valence-electron chi connectivity index (χ4n) is 2.78. The lowest BCUT2D eigenvalue weighted by molar-refractivity contribution is 1.18. The van der Waals surface area contributed by atoms with Crippen LogP contribution in [0.25, 0.3) is 22.6 Å². The molecular formula is C23H18BrN3. The van der Waals surface area contributed by atoms with Gasteiger partial charge in [-0.1, -0.05) is 76.1 Å². The molecule has 0 atom stereocenters. The van der Waals surface area contributed by atoms with Crippen LogP contribution in [0.1, 0.15) is 5.56 Å². The maximum atomic E-state index is 4.79. The largest absolute Gasteiger partial charge is 0.340 e. The van der Waals surface area contributed by atoms with E-state index in [1.165, 1.54) is 5.56 Å². The first-order valence-electron chi connectivity index (χ1n) is 8.71. The summed E-state index contributed by atoms with van der Waals surface area (Å²) in [6.45, 7) is 2.08. The highest BCUT2D eigenvalue weighted by Crippen LogP contribution is 2.27. The van der Waals surface area contributed by atoms with Crippen molar-refractivity contribution in [3.8, 4) is 22.6 Å². The van der Waals surface area contributed by atoms with E-state index in [-0.39, 0.29) is 0 Å². The van der Waals surface area contributed by atoms with Gasteiger partial charge in [-0.25, -0.2) is 9.97 Å². The first kappa shape index (κ1) is 17.4. The van der Waals surface area contributed by atoms with E-state index < -0.39 is 0 Å². The summed E-state index contributed by atoms with van der Waals surface area (Å²) < 4.78 is 1.03. The maximum absolute atomic E-state index is 4.79. The lowest BCUT2D eigenvalue weighted by atomic mass is 10.1. The van der Waals surface area contributed by atoms with Gasteiger partial charge < -0.3 is 5.32 Å². The van der Waals surface area contributed by atoms with E-state index in [0.29, 0.717) is 5.82 Å². The molecule has 0 radical (unpaired) electrons. The number of nitrogens with one attached hydrogen (secondary N) is 1. The van der Waals surface area contributed by atoms with Gasteiger partial charge in [0.1, 0.15) is 5.82 Å². The second-order valence-electron chi connectivity index (χ2n) is 6.33. The molecule has 0 aliphatic rings. The lowest BCUT2D eigenvalue weighted by Gasteiger charge is -2.11. The summed E-state index contributed by atoms with van der Waals surface area (Å²) in [7, 11) is 0. The second-order valence-corrected chi connectivity index (χ2v) is 7.24. The first-order chi connectivity index (χ1) is 13.2. The normalized spacial score (nSPS) is 10.6. The predicted molar refractivity (Wildman–Crippen MR) is 115 cm³/mol. The first-order valence-corrected chi connectivity index (χ1v) is 9.51. The highest BCUT2D eigenvalue weighted by molar-refractivity contribution is 9.10. The lowest BCUT2D eigenvalue weighted by Crippen LogP contribution is -1.99. The van der Waals surface area contributed by atoms with Crippen LogP contribution in [-0.4, -0.2) is 9.97 Å². The average molecular weight is 416 g/mol. The zero-order valence-corrected chi connectivity index (χ0v) is 16.4. The van der Waals surface area contributed by atoms with Gasteiger partial charge in [-0.15, -0.1) is 0 Å². The number of nitrogens with zero attached hydrogens (tertiary/aromatic N) is 2. The fraction of sp³-hybridized carbons (Fsp3) is 0.0435. The van der Waals surface area contributed by atoms with Gasteiger partial charge in [0.25, 0.3) is 0 Å². The number of aryl methyl sites for hydroxylation is 1. The molecule has 0 amide bonds. The van der Waals surface area contributed by atoms with E-state index in [2.05, 4.69) is 64.6 Å². The van der Waals surface area contributed by atoms with E-state index in [1.807, 2.05) is 48.5 Å². The molecule has 0 spiro atoms. The minimum absolute atomic E-state index is 0.693. The van der Waals surface area contributed by atoms with Gasteiger partial charge in [0.05, 0.1) is 5.69 Å². The molecule has 4 heteroatoms. The monoisotopic (exact) mass is 415 g/mol. The maximum Gasteiger partial charge on any atom is 0.162 e. The van der Waals surface area contributed by atoms with E-state index >= 15 is 0 Å². The average Bonchev–Trinajstić information content (AvgIpc) is 2.71. The molecule has 0 bridgehead atoms. The summed E-state index contributed by atoms with van der Waals surface area (Å²) in [5.74, 6) is 1.46. The van der Waals surface area contributed by atoms with Crippen molar-refractivity contribution < 1.29 is 0 Å².